The van der Waals surface area contributed by atoms with E-state index in [9.17, 15) is 39.6 Å². The van der Waals surface area contributed by atoms with Crippen molar-refractivity contribution < 1.29 is 39.6 Å². The Kier molecular flexibility index (Phi) is 7.78. The molecule has 40 heavy (non-hydrogen) atoms. The van der Waals surface area contributed by atoms with Crippen molar-refractivity contribution in [2.45, 2.75) is 37.3 Å². The number of nitrogens with two attached hydrogens (primary N) is 1. The zero-order valence-corrected chi connectivity index (χ0v) is 24.2. The summed E-state index contributed by atoms with van der Waals surface area (Å²) in [4.78, 5) is 55.0. The molecule has 1 saturated carbocycles. The molecule has 0 heterocycles. The molecule has 0 saturated heterocycles. The third kappa shape index (κ3) is 4.36. The molecule has 0 aromatic heterocycles. The highest BCUT2D eigenvalue weighted by Crippen LogP contribution is 2.54. The minimum absolute atomic E-state index is 0.00950. The minimum atomic E-state index is -2.72. The zero-order chi connectivity index (χ0) is 29.8. The van der Waals surface area contributed by atoms with Crippen LogP contribution in [-0.4, -0.2) is 93.9 Å². The number of likely N-dealkylation sites (N-methyl/N-ethyl adjacent to an activating group) is 1. The van der Waals surface area contributed by atoms with Gasteiger partial charge in [0.15, 0.2) is 11.4 Å². The summed E-state index contributed by atoms with van der Waals surface area (Å²) in [5.41, 5.74) is 2.54. The van der Waals surface area contributed by atoms with Gasteiger partial charge in [-0.3, -0.25) is 24.1 Å². The van der Waals surface area contributed by atoms with Gasteiger partial charge in [-0.2, -0.15) is 0 Å². The van der Waals surface area contributed by atoms with Gasteiger partial charge < -0.3 is 36.4 Å². The van der Waals surface area contributed by atoms with Gasteiger partial charge in [-0.25, -0.2) is 0 Å². The Morgan fingerprint density at radius 3 is 2.38 bits per heavy atom. The maximum Gasteiger partial charge on any atom is 0.255 e. The van der Waals surface area contributed by atoms with Crippen LogP contribution in [0, 0.1) is 11.8 Å². The van der Waals surface area contributed by atoms with Crippen LogP contribution in [0.4, 0.5) is 11.4 Å². The van der Waals surface area contributed by atoms with E-state index in [2.05, 4.69) is 21.2 Å². The zero-order valence-electron chi connectivity index (χ0n) is 22.6. The number of hydrogen-bond donors (Lipinski definition) is 6. The number of nitrogens with one attached hydrogen (secondary N) is 1. The van der Waals surface area contributed by atoms with Gasteiger partial charge in [0.05, 0.1) is 17.3 Å². The SMILES string of the molecule is CN(C)c1cc(NC(=O)CCCBr)c(O)c2c1CC1CC3[C@H](N(C)C)C(=O)C(C(N)=O)=C(O)[C@@]3(O)C(=O)C1=C2O. The molecular weight excluding hydrogens is 588 g/mol. The number of benzene rings is 1. The van der Waals surface area contributed by atoms with Crippen LogP contribution in [0.2, 0.25) is 0 Å². The predicted octanol–water partition coefficient (Wildman–Crippen LogP) is 1.14. The monoisotopic (exact) mass is 620 g/mol. The van der Waals surface area contributed by atoms with E-state index in [-0.39, 0.29) is 42.0 Å². The second-order valence-electron chi connectivity index (χ2n) is 10.8. The summed E-state index contributed by atoms with van der Waals surface area (Å²) in [7, 11) is 6.59. The lowest BCUT2D eigenvalue weighted by atomic mass is 9.57. The van der Waals surface area contributed by atoms with E-state index in [0.29, 0.717) is 23.0 Å². The molecule has 4 rings (SSSR count). The first-order valence-corrected chi connectivity index (χ1v) is 13.9. The fourth-order valence-electron chi connectivity index (χ4n) is 6.23. The number of nitrogens with zero attached hydrogens (tertiary/aromatic N) is 2. The number of alkyl halides is 1. The van der Waals surface area contributed by atoms with E-state index in [1.807, 2.05) is 0 Å². The number of aromatic hydroxyl groups is 1. The summed E-state index contributed by atoms with van der Waals surface area (Å²) in [5.74, 6) is -7.62. The Morgan fingerprint density at radius 1 is 1.18 bits per heavy atom. The number of halogens is 1. The normalized spacial score (nSPS) is 25.9. The number of carbonyl (C=O) groups excluding carboxylic acids is 4. The molecule has 12 nitrogen and oxygen atoms in total. The molecule has 4 atom stereocenters. The number of phenolic OH excluding ortho intramolecular Hbond substituents is 1. The number of fused-ring (bicyclic) bond motifs is 3. The molecule has 1 aromatic rings. The number of primary amides is 1. The van der Waals surface area contributed by atoms with Crippen LogP contribution in [0.1, 0.15) is 30.4 Å². The van der Waals surface area contributed by atoms with Crippen molar-refractivity contribution in [1.29, 1.82) is 0 Å². The van der Waals surface area contributed by atoms with Gasteiger partial charge in [-0.15, -0.1) is 0 Å². The number of hydrogen-bond acceptors (Lipinski definition) is 10. The third-order valence-electron chi connectivity index (χ3n) is 7.99. The fraction of sp³-hybridized carbons (Fsp3) is 0.481. The summed E-state index contributed by atoms with van der Waals surface area (Å²) >= 11 is 3.27. The van der Waals surface area contributed by atoms with Gasteiger partial charge in [0.1, 0.15) is 22.8 Å². The first kappa shape index (κ1) is 29.6. The third-order valence-corrected chi connectivity index (χ3v) is 8.55. The molecule has 0 bridgehead atoms. The van der Waals surface area contributed by atoms with E-state index in [4.69, 9.17) is 5.73 Å². The first-order chi connectivity index (χ1) is 18.7. The van der Waals surface area contributed by atoms with E-state index in [0.717, 1.165) is 0 Å². The Morgan fingerprint density at radius 2 is 1.82 bits per heavy atom. The number of phenols is 1. The Labute approximate surface area is 239 Å². The predicted molar refractivity (Wildman–Crippen MR) is 150 cm³/mol. The molecule has 2 amide bonds. The number of carbonyl (C=O) groups is 4. The number of aliphatic hydroxyl groups excluding tert-OH is 2. The summed E-state index contributed by atoms with van der Waals surface area (Å²) in [6.07, 6.45) is 0.878. The van der Waals surface area contributed by atoms with Crippen molar-refractivity contribution in [3.05, 3.63) is 34.1 Å². The van der Waals surface area contributed by atoms with E-state index < -0.39 is 63.8 Å². The van der Waals surface area contributed by atoms with Crippen molar-refractivity contribution in [2.24, 2.45) is 17.6 Å². The lowest BCUT2D eigenvalue weighted by Crippen LogP contribution is -2.65. The quantitative estimate of drug-likeness (QED) is 0.146. The van der Waals surface area contributed by atoms with Gasteiger partial charge in [-0.05, 0) is 50.9 Å². The molecule has 1 fully saturated rings. The average Bonchev–Trinajstić information content (AvgIpc) is 2.85. The first-order valence-electron chi connectivity index (χ1n) is 12.7. The van der Waals surface area contributed by atoms with E-state index in [1.54, 1.807) is 39.2 Å². The van der Waals surface area contributed by atoms with Crippen molar-refractivity contribution in [1.82, 2.24) is 4.90 Å². The number of aliphatic hydroxyl groups is 3. The highest BCUT2D eigenvalue weighted by atomic mass is 79.9. The number of rotatable bonds is 7. The average molecular weight is 621 g/mol. The highest BCUT2D eigenvalue weighted by Gasteiger charge is 2.64. The van der Waals surface area contributed by atoms with E-state index >= 15 is 0 Å². The lowest BCUT2D eigenvalue weighted by molar-refractivity contribution is -0.153. The van der Waals surface area contributed by atoms with Gasteiger partial charge in [-0.1, -0.05) is 15.9 Å². The van der Waals surface area contributed by atoms with Crippen LogP contribution in [0.5, 0.6) is 5.75 Å². The molecule has 13 heteroatoms. The Hall–Kier alpha value is -3.42. The van der Waals surface area contributed by atoms with Gasteiger partial charge >= 0.3 is 0 Å². The van der Waals surface area contributed by atoms with Gasteiger partial charge in [0.25, 0.3) is 5.91 Å². The molecule has 0 radical (unpaired) electrons. The molecular formula is C27H33BrN4O8. The van der Waals surface area contributed by atoms with Crippen molar-refractivity contribution >= 4 is 56.4 Å². The Balaban J connectivity index is 1.93. The van der Waals surface area contributed by atoms with E-state index in [1.165, 1.54) is 4.90 Å². The minimum Gasteiger partial charge on any atom is -0.508 e. The van der Waals surface area contributed by atoms with Crippen LogP contribution in [0.15, 0.2) is 23.0 Å². The second kappa shape index (κ2) is 10.5. The van der Waals surface area contributed by atoms with Crippen LogP contribution in [-0.2, 0) is 25.6 Å². The van der Waals surface area contributed by atoms with Crippen LogP contribution >= 0.6 is 15.9 Å². The summed E-state index contributed by atoms with van der Waals surface area (Å²) in [6.45, 7) is 0. The highest BCUT2D eigenvalue weighted by molar-refractivity contribution is 9.09. The summed E-state index contributed by atoms with van der Waals surface area (Å²) in [6, 6.07) is 0.427. The molecule has 0 aliphatic heterocycles. The fourth-order valence-corrected chi connectivity index (χ4v) is 6.51. The van der Waals surface area contributed by atoms with Crippen molar-refractivity contribution in [2.75, 3.05) is 43.7 Å². The van der Waals surface area contributed by atoms with Crippen LogP contribution < -0.4 is 16.0 Å². The largest absolute Gasteiger partial charge is 0.508 e. The van der Waals surface area contributed by atoms with Gasteiger partial charge in [0.2, 0.25) is 11.7 Å². The number of amides is 2. The molecule has 216 valence electrons. The smallest absolute Gasteiger partial charge is 0.255 e. The van der Waals surface area contributed by atoms with Gasteiger partial charge in [0, 0.05) is 43.0 Å². The molecule has 3 aliphatic rings. The topological polar surface area (TPSA) is 194 Å². The second-order valence-corrected chi connectivity index (χ2v) is 11.6. The molecule has 2 unspecified atom stereocenters. The Bertz CT molecular complexity index is 1380. The molecule has 7 N–H and O–H groups in total. The summed E-state index contributed by atoms with van der Waals surface area (Å²) in [5, 5.41) is 48.6. The maximum absolute atomic E-state index is 14.0. The molecule has 1 aromatic carbocycles. The molecule has 3 aliphatic carbocycles. The maximum atomic E-state index is 14.0. The van der Waals surface area contributed by atoms with Crippen molar-refractivity contribution in [3.63, 3.8) is 0 Å². The summed E-state index contributed by atoms with van der Waals surface area (Å²) < 4.78 is 0. The van der Waals surface area contributed by atoms with Crippen molar-refractivity contribution in [3.8, 4) is 5.75 Å². The molecule has 0 spiro atoms. The lowest BCUT2D eigenvalue weighted by Gasteiger charge is -2.50. The number of anilines is 2. The standard InChI is InChI=1S/C27H33BrN4O8/c1-31(2)15-10-14(30-16(33)6-5-7-28)21(34)18-12(15)8-11-9-13-20(32(3)4)23(36)19(26(29)39)25(38)27(13,40)24(37)17(11)22(18)35/h10-11,13,20,34-35,38,40H,5-9H2,1-4H3,(H2,29,39)(H,30,33)/t11?,13?,20-,27-/m0/s1. The number of ketones is 2. The number of Topliss-reactive ketones (excluding diaryl/α,β-unsaturated/α-hetero) is 2. The van der Waals surface area contributed by atoms with Crippen LogP contribution in [0.25, 0.3) is 5.76 Å². The van der Waals surface area contributed by atoms with Crippen LogP contribution in [0.3, 0.4) is 0 Å².